The second kappa shape index (κ2) is 8.20. The van der Waals surface area contributed by atoms with E-state index in [1.54, 1.807) is 12.1 Å². The quantitative estimate of drug-likeness (QED) is 0.678. The number of carbonyl (C=O) groups is 2. The Morgan fingerprint density at radius 2 is 1.65 bits per heavy atom. The number of rotatable bonds is 6. The molecule has 8 heteroatoms. The smallest absolute Gasteiger partial charge is 0.310 e. The van der Waals surface area contributed by atoms with Crippen molar-refractivity contribution in [2.75, 3.05) is 25.0 Å². The van der Waals surface area contributed by atoms with Gasteiger partial charge in [-0.05, 0) is 86.8 Å². The lowest BCUT2D eigenvalue weighted by Gasteiger charge is -2.53. The molecule has 6 rings (SSSR count). The van der Waals surface area contributed by atoms with Gasteiger partial charge in [-0.3, -0.25) is 9.59 Å². The maximum atomic E-state index is 12.7. The molecule has 0 aromatic heterocycles. The van der Waals surface area contributed by atoms with Gasteiger partial charge in [0.1, 0.15) is 0 Å². The van der Waals surface area contributed by atoms with Crippen LogP contribution < -0.4 is 5.32 Å². The molecule has 4 bridgehead atoms. The van der Waals surface area contributed by atoms with Gasteiger partial charge in [0.05, 0.1) is 10.8 Å². The van der Waals surface area contributed by atoms with Crippen LogP contribution in [0.1, 0.15) is 44.9 Å². The molecule has 5 aliphatic rings. The van der Waals surface area contributed by atoms with E-state index in [4.69, 9.17) is 4.74 Å². The first-order valence-corrected chi connectivity index (χ1v) is 12.9. The number of benzene rings is 1. The fourth-order valence-electron chi connectivity index (χ4n) is 6.55. The summed E-state index contributed by atoms with van der Waals surface area (Å²) in [4.78, 5) is 25.3. The number of nitrogens with one attached hydrogen (secondary N) is 1. The number of carbonyl (C=O) groups excluding carboxylic acids is 2. The van der Waals surface area contributed by atoms with E-state index in [2.05, 4.69) is 5.32 Å². The summed E-state index contributed by atoms with van der Waals surface area (Å²) in [5, 5.41) is 2.67. The summed E-state index contributed by atoms with van der Waals surface area (Å²) < 4.78 is 32.3. The summed E-state index contributed by atoms with van der Waals surface area (Å²) in [7, 11) is -3.55. The molecule has 1 aromatic rings. The van der Waals surface area contributed by atoms with Gasteiger partial charge in [-0.2, -0.15) is 4.31 Å². The lowest BCUT2D eigenvalue weighted by atomic mass is 9.52. The lowest BCUT2D eigenvalue weighted by molar-refractivity contribution is -0.164. The fourth-order valence-corrected chi connectivity index (χ4v) is 8.12. The van der Waals surface area contributed by atoms with Crippen LogP contribution in [-0.2, 0) is 24.3 Å². The van der Waals surface area contributed by atoms with Gasteiger partial charge in [-0.25, -0.2) is 8.42 Å². The fraction of sp³-hybridized carbons (Fsp3) is 0.652. The third kappa shape index (κ3) is 4.12. The van der Waals surface area contributed by atoms with Crippen molar-refractivity contribution in [1.29, 1.82) is 0 Å². The first-order valence-electron chi connectivity index (χ1n) is 11.5. The summed E-state index contributed by atoms with van der Waals surface area (Å²) in [5.41, 5.74) is 0.385. The van der Waals surface area contributed by atoms with E-state index in [1.165, 1.54) is 22.9 Å². The Balaban J connectivity index is 1.17. The lowest BCUT2D eigenvalue weighted by Crippen LogP contribution is -2.48. The zero-order valence-corrected chi connectivity index (χ0v) is 18.5. The molecule has 0 spiro atoms. The highest BCUT2D eigenvalue weighted by Gasteiger charge is 2.51. The van der Waals surface area contributed by atoms with Crippen LogP contribution >= 0.6 is 0 Å². The summed E-state index contributed by atoms with van der Waals surface area (Å²) in [6.07, 6.45) is 7.54. The molecule has 4 aliphatic carbocycles. The average Bonchev–Trinajstić information content (AvgIpc) is 3.27. The highest BCUT2D eigenvalue weighted by molar-refractivity contribution is 7.89. The first-order chi connectivity index (χ1) is 14.9. The number of amides is 1. The van der Waals surface area contributed by atoms with Crippen LogP contribution in [0.15, 0.2) is 29.2 Å². The minimum atomic E-state index is -3.55. The van der Waals surface area contributed by atoms with Crippen molar-refractivity contribution in [3.05, 3.63) is 24.3 Å². The van der Waals surface area contributed by atoms with Gasteiger partial charge >= 0.3 is 5.97 Å². The minimum absolute atomic E-state index is 0.0606. The molecule has 168 valence electrons. The Kier molecular flexibility index (Phi) is 5.54. The molecule has 1 amide bonds. The Hall–Kier alpha value is -1.93. The predicted molar refractivity (Wildman–Crippen MR) is 115 cm³/mol. The molecule has 4 saturated carbocycles. The van der Waals surface area contributed by atoms with Crippen LogP contribution in [0.5, 0.6) is 0 Å². The van der Waals surface area contributed by atoms with Gasteiger partial charge in [-0.1, -0.05) is 6.07 Å². The molecule has 1 aromatic carbocycles. The van der Waals surface area contributed by atoms with Gasteiger partial charge in [0, 0.05) is 18.8 Å². The number of hydrogen-bond donors (Lipinski definition) is 1. The zero-order chi connectivity index (χ0) is 21.6. The highest BCUT2D eigenvalue weighted by Crippen LogP contribution is 2.56. The van der Waals surface area contributed by atoms with Gasteiger partial charge in [-0.15, -0.1) is 0 Å². The SMILES string of the molecule is O=C(COC(=O)C1C2CC3CC(C2)CC1C3)Nc1cccc(S(=O)(=O)N2CCCC2)c1. The number of sulfonamides is 1. The van der Waals surface area contributed by atoms with E-state index in [1.807, 2.05) is 0 Å². The summed E-state index contributed by atoms with van der Waals surface area (Å²) in [6, 6.07) is 6.25. The number of anilines is 1. The van der Waals surface area contributed by atoms with E-state index in [9.17, 15) is 18.0 Å². The standard InChI is InChI=1S/C23H30N2O5S/c26-21(14-30-23(27)22-17-9-15-8-16(11-17)12-18(22)10-15)24-19-4-3-5-20(13-19)31(28,29)25-6-1-2-7-25/h3-5,13,15-18,22H,1-2,6-12,14H2,(H,24,26). The largest absolute Gasteiger partial charge is 0.455 e. The monoisotopic (exact) mass is 446 g/mol. The number of esters is 1. The van der Waals surface area contributed by atoms with E-state index < -0.39 is 15.9 Å². The zero-order valence-electron chi connectivity index (χ0n) is 17.7. The molecular formula is C23H30N2O5S. The first kappa shape index (κ1) is 20.9. The van der Waals surface area contributed by atoms with Crippen LogP contribution in [0.25, 0.3) is 0 Å². The Labute approximate surface area is 183 Å². The molecule has 1 heterocycles. The summed E-state index contributed by atoms with van der Waals surface area (Å²) in [6.45, 7) is 0.712. The topological polar surface area (TPSA) is 92.8 Å². The average molecular weight is 447 g/mol. The number of hydrogen-bond acceptors (Lipinski definition) is 5. The molecular weight excluding hydrogens is 416 g/mol. The molecule has 31 heavy (non-hydrogen) atoms. The normalized spacial score (nSPS) is 32.2. The Morgan fingerprint density at radius 3 is 2.29 bits per heavy atom. The van der Waals surface area contributed by atoms with E-state index >= 15 is 0 Å². The van der Waals surface area contributed by atoms with E-state index in [-0.39, 0.29) is 23.4 Å². The third-order valence-corrected chi connectivity index (χ3v) is 9.56. The second-order valence-electron chi connectivity index (χ2n) is 9.75. The van der Waals surface area contributed by atoms with Crippen LogP contribution in [0.2, 0.25) is 0 Å². The van der Waals surface area contributed by atoms with Crippen molar-refractivity contribution in [2.45, 2.75) is 49.8 Å². The van der Waals surface area contributed by atoms with Crippen LogP contribution in [0, 0.1) is 29.6 Å². The molecule has 1 aliphatic heterocycles. The summed E-state index contributed by atoms with van der Waals surface area (Å²) >= 11 is 0. The van der Waals surface area contributed by atoms with Crippen molar-refractivity contribution >= 4 is 27.6 Å². The van der Waals surface area contributed by atoms with Gasteiger partial charge in [0.2, 0.25) is 10.0 Å². The van der Waals surface area contributed by atoms with Crippen molar-refractivity contribution < 1.29 is 22.7 Å². The van der Waals surface area contributed by atoms with Crippen molar-refractivity contribution in [3.8, 4) is 0 Å². The maximum Gasteiger partial charge on any atom is 0.310 e. The molecule has 0 unspecified atom stereocenters. The van der Waals surface area contributed by atoms with Crippen molar-refractivity contribution in [3.63, 3.8) is 0 Å². The van der Waals surface area contributed by atoms with Crippen molar-refractivity contribution in [1.82, 2.24) is 4.31 Å². The van der Waals surface area contributed by atoms with Crippen LogP contribution in [0.3, 0.4) is 0 Å². The Bertz CT molecular complexity index is 942. The van der Waals surface area contributed by atoms with Crippen molar-refractivity contribution in [2.24, 2.45) is 29.6 Å². The number of nitrogens with zero attached hydrogens (tertiary/aromatic N) is 1. The van der Waals surface area contributed by atoms with Crippen LogP contribution in [-0.4, -0.2) is 44.3 Å². The highest BCUT2D eigenvalue weighted by atomic mass is 32.2. The molecule has 7 nitrogen and oxygen atoms in total. The van der Waals surface area contributed by atoms with Gasteiger partial charge < -0.3 is 10.1 Å². The molecule has 1 N–H and O–H groups in total. The molecule has 0 atom stereocenters. The maximum absolute atomic E-state index is 12.7. The summed E-state index contributed by atoms with van der Waals surface area (Å²) in [5.74, 6) is 1.63. The predicted octanol–water partition coefficient (Wildman–Crippen LogP) is 3.03. The van der Waals surface area contributed by atoms with Gasteiger partial charge in [0.15, 0.2) is 6.61 Å². The second-order valence-corrected chi connectivity index (χ2v) is 11.7. The van der Waals surface area contributed by atoms with E-state index in [0.29, 0.717) is 30.6 Å². The van der Waals surface area contributed by atoms with Gasteiger partial charge in [0.25, 0.3) is 5.91 Å². The molecule has 1 saturated heterocycles. The third-order valence-electron chi connectivity index (χ3n) is 7.67. The number of ether oxygens (including phenoxy) is 1. The molecule has 5 fully saturated rings. The Morgan fingerprint density at radius 1 is 1.00 bits per heavy atom. The minimum Gasteiger partial charge on any atom is -0.455 e. The molecule has 0 radical (unpaired) electrons. The van der Waals surface area contributed by atoms with Crippen LogP contribution in [0.4, 0.5) is 5.69 Å². The van der Waals surface area contributed by atoms with E-state index in [0.717, 1.165) is 50.4 Å².